The van der Waals surface area contributed by atoms with Crippen LogP contribution in [-0.2, 0) is 9.84 Å². The first kappa shape index (κ1) is 12.8. The summed E-state index contributed by atoms with van der Waals surface area (Å²) in [5.41, 5.74) is 1.72. The Morgan fingerprint density at radius 2 is 1.88 bits per heavy atom. The zero-order valence-corrected chi connectivity index (χ0v) is 11.8. The van der Waals surface area contributed by atoms with Crippen molar-refractivity contribution in [2.75, 3.05) is 29.5 Å². The average Bonchev–Trinajstić information content (AvgIpc) is 2.24. The first-order chi connectivity index (χ1) is 7.89. The maximum absolute atomic E-state index is 13.5. The third kappa shape index (κ3) is 2.80. The summed E-state index contributed by atoms with van der Waals surface area (Å²) in [6.07, 6.45) is 0. The quantitative estimate of drug-likeness (QED) is 0.795. The first-order valence-corrected chi connectivity index (χ1v) is 7.91. The standard InChI is InChI=1S/C11H13BrFNO2S/c1-8-6-9(12)10(13)7-11(8)14-2-4-17(15,16)5-3-14/h6-7H,2-5H2,1H3. The highest BCUT2D eigenvalue weighted by Gasteiger charge is 2.23. The fourth-order valence-corrected chi connectivity index (χ4v) is 3.59. The van der Waals surface area contributed by atoms with Gasteiger partial charge in [-0.3, -0.25) is 0 Å². The van der Waals surface area contributed by atoms with Crippen LogP contribution in [0.4, 0.5) is 10.1 Å². The van der Waals surface area contributed by atoms with Gasteiger partial charge in [-0.2, -0.15) is 0 Å². The van der Waals surface area contributed by atoms with Crippen molar-refractivity contribution in [3.63, 3.8) is 0 Å². The highest BCUT2D eigenvalue weighted by atomic mass is 79.9. The second-order valence-corrected chi connectivity index (χ2v) is 7.35. The second-order valence-electron chi connectivity index (χ2n) is 4.19. The smallest absolute Gasteiger partial charge is 0.153 e. The molecule has 1 aliphatic rings. The van der Waals surface area contributed by atoms with Crippen molar-refractivity contribution in [1.29, 1.82) is 0 Å². The molecule has 0 unspecified atom stereocenters. The Bertz CT molecular complexity index is 531. The zero-order chi connectivity index (χ0) is 12.6. The van der Waals surface area contributed by atoms with E-state index in [1.54, 1.807) is 6.07 Å². The van der Waals surface area contributed by atoms with Gasteiger partial charge < -0.3 is 4.90 Å². The minimum absolute atomic E-state index is 0.143. The van der Waals surface area contributed by atoms with Gasteiger partial charge in [-0.15, -0.1) is 0 Å². The minimum Gasteiger partial charge on any atom is -0.369 e. The summed E-state index contributed by atoms with van der Waals surface area (Å²) < 4.78 is 36.6. The molecule has 0 spiro atoms. The lowest BCUT2D eigenvalue weighted by Crippen LogP contribution is -2.40. The van der Waals surface area contributed by atoms with E-state index in [1.807, 2.05) is 11.8 Å². The van der Waals surface area contributed by atoms with E-state index < -0.39 is 9.84 Å². The Morgan fingerprint density at radius 3 is 2.47 bits per heavy atom. The van der Waals surface area contributed by atoms with Gasteiger partial charge >= 0.3 is 0 Å². The maximum Gasteiger partial charge on any atom is 0.153 e. The summed E-state index contributed by atoms with van der Waals surface area (Å²) >= 11 is 3.13. The number of anilines is 1. The maximum atomic E-state index is 13.5. The number of rotatable bonds is 1. The number of nitrogens with zero attached hydrogens (tertiary/aromatic N) is 1. The van der Waals surface area contributed by atoms with Gasteiger partial charge in [0.1, 0.15) is 5.82 Å². The molecule has 3 nitrogen and oxygen atoms in total. The van der Waals surface area contributed by atoms with Crippen molar-refractivity contribution in [2.24, 2.45) is 0 Å². The minimum atomic E-state index is -2.90. The fraction of sp³-hybridized carbons (Fsp3) is 0.455. The lowest BCUT2D eigenvalue weighted by molar-refractivity contribution is 0.586. The number of hydrogen-bond acceptors (Lipinski definition) is 3. The largest absolute Gasteiger partial charge is 0.369 e. The number of hydrogen-bond donors (Lipinski definition) is 0. The predicted octanol–water partition coefficient (Wildman–Crippen LogP) is 2.13. The molecule has 0 aliphatic carbocycles. The van der Waals surface area contributed by atoms with E-state index in [4.69, 9.17) is 0 Å². The summed E-state index contributed by atoms with van der Waals surface area (Å²) in [5, 5.41) is 0. The molecule has 0 saturated carbocycles. The fourth-order valence-electron chi connectivity index (χ4n) is 1.93. The van der Waals surface area contributed by atoms with Gasteiger partial charge in [-0.25, -0.2) is 12.8 Å². The van der Waals surface area contributed by atoms with Crippen LogP contribution in [0, 0.1) is 12.7 Å². The van der Waals surface area contributed by atoms with Gasteiger partial charge in [0, 0.05) is 18.8 Å². The van der Waals surface area contributed by atoms with Crippen molar-refractivity contribution in [3.8, 4) is 0 Å². The molecular weight excluding hydrogens is 309 g/mol. The van der Waals surface area contributed by atoms with Crippen molar-refractivity contribution in [3.05, 3.63) is 28.0 Å². The molecule has 0 bridgehead atoms. The molecule has 0 atom stereocenters. The van der Waals surface area contributed by atoms with Gasteiger partial charge in [-0.05, 0) is 40.5 Å². The molecule has 1 aliphatic heterocycles. The molecule has 1 aromatic rings. The Kier molecular flexibility index (Phi) is 3.45. The summed E-state index contributed by atoms with van der Waals surface area (Å²) in [6, 6.07) is 3.17. The molecule has 6 heteroatoms. The molecule has 0 amide bonds. The molecule has 2 rings (SSSR count). The van der Waals surface area contributed by atoms with E-state index in [-0.39, 0.29) is 17.3 Å². The number of aryl methyl sites for hydroxylation is 1. The van der Waals surface area contributed by atoms with Crippen LogP contribution in [0.2, 0.25) is 0 Å². The lowest BCUT2D eigenvalue weighted by atomic mass is 10.1. The third-order valence-electron chi connectivity index (χ3n) is 2.92. The lowest BCUT2D eigenvalue weighted by Gasteiger charge is -2.30. The highest BCUT2D eigenvalue weighted by molar-refractivity contribution is 9.10. The molecular formula is C11H13BrFNO2S. The van der Waals surface area contributed by atoms with E-state index >= 15 is 0 Å². The molecule has 94 valence electrons. The van der Waals surface area contributed by atoms with Crippen LogP contribution in [0.15, 0.2) is 16.6 Å². The average molecular weight is 322 g/mol. The molecule has 1 fully saturated rings. The summed E-state index contributed by atoms with van der Waals surface area (Å²) in [7, 11) is -2.90. The monoisotopic (exact) mass is 321 g/mol. The number of sulfone groups is 1. The number of benzene rings is 1. The van der Waals surface area contributed by atoms with E-state index in [0.29, 0.717) is 17.6 Å². The van der Waals surface area contributed by atoms with E-state index in [9.17, 15) is 12.8 Å². The summed E-state index contributed by atoms with van der Waals surface area (Å²) in [5.74, 6) is -0.0344. The van der Waals surface area contributed by atoms with Crippen LogP contribution in [0.5, 0.6) is 0 Å². The van der Waals surface area contributed by atoms with E-state index in [0.717, 1.165) is 11.3 Å². The zero-order valence-electron chi connectivity index (χ0n) is 9.41. The van der Waals surface area contributed by atoms with Crippen molar-refractivity contribution < 1.29 is 12.8 Å². The molecule has 0 aromatic heterocycles. The first-order valence-electron chi connectivity index (χ1n) is 5.30. The Balaban J connectivity index is 2.27. The second kappa shape index (κ2) is 4.57. The van der Waals surface area contributed by atoms with Crippen LogP contribution in [0.1, 0.15) is 5.56 Å². The molecule has 1 heterocycles. The van der Waals surface area contributed by atoms with Crippen molar-refractivity contribution >= 4 is 31.5 Å². The summed E-state index contributed by atoms with van der Waals surface area (Å²) in [6.45, 7) is 2.76. The van der Waals surface area contributed by atoms with Gasteiger partial charge in [0.15, 0.2) is 9.84 Å². The van der Waals surface area contributed by atoms with Crippen LogP contribution < -0.4 is 4.90 Å². The molecule has 1 aromatic carbocycles. The third-order valence-corrected chi connectivity index (χ3v) is 5.14. The topological polar surface area (TPSA) is 37.4 Å². The van der Waals surface area contributed by atoms with E-state index in [1.165, 1.54) is 6.07 Å². The van der Waals surface area contributed by atoms with Gasteiger partial charge in [0.2, 0.25) is 0 Å². The molecule has 0 radical (unpaired) electrons. The SMILES string of the molecule is Cc1cc(Br)c(F)cc1N1CCS(=O)(=O)CC1. The van der Waals surface area contributed by atoms with Crippen molar-refractivity contribution in [2.45, 2.75) is 6.92 Å². The Hall–Kier alpha value is -0.620. The molecule has 17 heavy (non-hydrogen) atoms. The van der Waals surface area contributed by atoms with Crippen molar-refractivity contribution in [1.82, 2.24) is 0 Å². The van der Waals surface area contributed by atoms with Gasteiger partial charge in [-0.1, -0.05) is 0 Å². The van der Waals surface area contributed by atoms with Crippen LogP contribution in [-0.4, -0.2) is 33.0 Å². The predicted molar refractivity (Wildman–Crippen MR) is 69.7 cm³/mol. The van der Waals surface area contributed by atoms with Gasteiger partial charge in [0.05, 0.1) is 16.0 Å². The van der Waals surface area contributed by atoms with Crippen LogP contribution >= 0.6 is 15.9 Å². The Labute approximate surface area is 109 Å². The highest BCUT2D eigenvalue weighted by Crippen LogP contribution is 2.27. The van der Waals surface area contributed by atoms with Crippen LogP contribution in [0.25, 0.3) is 0 Å². The Morgan fingerprint density at radius 1 is 1.29 bits per heavy atom. The molecule has 1 saturated heterocycles. The summed E-state index contributed by atoms with van der Waals surface area (Å²) in [4.78, 5) is 1.92. The van der Waals surface area contributed by atoms with Gasteiger partial charge in [0.25, 0.3) is 0 Å². The molecule has 0 N–H and O–H groups in total. The normalized spacial score (nSPS) is 19.4. The number of halogens is 2. The van der Waals surface area contributed by atoms with E-state index in [2.05, 4.69) is 15.9 Å². The van der Waals surface area contributed by atoms with Crippen LogP contribution in [0.3, 0.4) is 0 Å².